The van der Waals surface area contributed by atoms with Crippen molar-refractivity contribution in [3.63, 3.8) is 0 Å². The van der Waals surface area contributed by atoms with Crippen molar-refractivity contribution in [2.24, 2.45) is 23.7 Å². The predicted octanol–water partition coefficient (Wildman–Crippen LogP) is 8.23. The Morgan fingerprint density at radius 3 is 2.29 bits per heavy atom. The molecule has 2 heteroatoms. The molecule has 1 nitrogen and oxygen atoms in total. The van der Waals surface area contributed by atoms with E-state index in [1.54, 1.807) is 6.07 Å². The number of fused-ring (bicyclic) bond motifs is 1. The van der Waals surface area contributed by atoms with Gasteiger partial charge in [-0.2, -0.15) is 0 Å². The Hall–Kier alpha value is -1.15. The maximum atomic E-state index is 14.8. The molecule has 1 aromatic rings. The molecule has 1 aromatic carbocycles. The fourth-order valence-electron chi connectivity index (χ4n) is 7.07. The third-order valence-corrected chi connectivity index (χ3v) is 8.79. The molecule has 172 valence electrons. The summed E-state index contributed by atoms with van der Waals surface area (Å²) in [6.45, 7) is 5.04. The molecule has 31 heavy (non-hydrogen) atoms. The van der Waals surface area contributed by atoms with Crippen molar-refractivity contribution < 1.29 is 9.13 Å². The Kier molecular flexibility index (Phi) is 8.26. The molecular weight excluding hydrogens is 383 g/mol. The van der Waals surface area contributed by atoms with Crippen LogP contribution < -0.4 is 0 Å². The van der Waals surface area contributed by atoms with Gasteiger partial charge in [-0.05, 0) is 138 Å². The number of halogens is 1. The van der Waals surface area contributed by atoms with E-state index in [4.69, 9.17) is 4.74 Å². The molecule has 0 spiro atoms. The molecule has 3 aliphatic carbocycles. The molecule has 3 saturated carbocycles. The summed E-state index contributed by atoms with van der Waals surface area (Å²) < 4.78 is 20.8. The van der Waals surface area contributed by atoms with Gasteiger partial charge in [-0.15, -0.1) is 0 Å². The number of hydrogen-bond acceptors (Lipinski definition) is 1. The van der Waals surface area contributed by atoms with Crippen molar-refractivity contribution in [3.8, 4) is 0 Å². The van der Waals surface area contributed by atoms with Gasteiger partial charge in [0.25, 0.3) is 0 Å². The van der Waals surface area contributed by atoms with E-state index in [1.165, 1.54) is 64.2 Å². The zero-order valence-electron chi connectivity index (χ0n) is 19.8. The second-order valence-corrected chi connectivity index (χ2v) is 10.6. The van der Waals surface area contributed by atoms with Gasteiger partial charge < -0.3 is 4.74 Å². The van der Waals surface area contributed by atoms with Crippen molar-refractivity contribution in [3.05, 3.63) is 47.3 Å². The lowest BCUT2D eigenvalue weighted by molar-refractivity contribution is -0.0205. The fraction of sp³-hybridized carbons (Fsp3) is 0.724. The number of hydrogen-bond donors (Lipinski definition) is 0. The van der Waals surface area contributed by atoms with E-state index in [-0.39, 0.29) is 5.82 Å². The van der Waals surface area contributed by atoms with Crippen LogP contribution in [-0.2, 0) is 11.2 Å². The molecular formula is C29H43FO. The Bertz CT molecular complexity index is 717. The number of ether oxygens (including phenoxy) is 1. The van der Waals surface area contributed by atoms with Gasteiger partial charge in [0.15, 0.2) is 0 Å². The van der Waals surface area contributed by atoms with E-state index in [0.29, 0.717) is 12.0 Å². The van der Waals surface area contributed by atoms with Crippen LogP contribution in [0.1, 0.15) is 102 Å². The van der Waals surface area contributed by atoms with Crippen molar-refractivity contribution in [2.45, 2.75) is 103 Å². The average molecular weight is 427 g/mol. The second kappa shape index (κ2) is 11.1. The van der Waals surface area contributed by atoms with E-state index in [1.807, 2.05) is 6.92 Å². The highest BCUT2D eigenvalue weighted by molar-refractivity contribution is 5.28. The van der Waals surface area contributed by atoms with Crippen LogP contribution in [0.4, 0.5) is 4.39 Å². The second-order valence-electron chi connectivity index (χ2n) is 10.6. The third-order valence-electron chi connectivity index (χ3n) is 8.79. The average Bonchev–Trinajstić information content (AvgIpc) is 2.79. The lowest BCUT2D eigenvalue weighted by atomic mass is 9.62. The van der Waals surface area contributed by atoms with Gasteiger partial charge in [0.05, 0.1) is 6.10 Å². The molecule has 4 atom stereocenters. The van der Waals surface area contributed by atoms with E-state index >= 15 is 0 Å². The minimum absolute atomic E-state index is 0.0352. The van der Waals surface area contributed by atoms with Gasteiger partial charge in [-0.3, -0.25) is 0 Å². The summed E-state index contributed by atoms with van der Waals surface area (Å²) in [5.41, 5.74) is 2.11. The highest BCUT2D eigenvalue weighted by atomic mass is 19.1. The van der Waals surface area contributed by atoms with Crippen LogP contribution in [0.15, 0.2) is 30.4 Å². The first kappa shape index (κ1) is 23.0. The Balaban J connectivity index is 1.27. The minimum atomic E-state index is 0.0352. The van der Waals surface area contributed by atoms with E-state index in [0.717, 1.165) is 54.2 Å². The lowest BCUT2D eigenvalue weighted by Gasteiger charge is -2.45. The summed E-state index contributed by atoms with van der Waals surface area (Å²) in [6.07, 6.45) is 19.9. The van der Waals surface area contributed by atoms with Gasteiger partial charge in [-0.1, -0.05) is 24.3 Å². The van der Waals surface area contributed by atoms with Crippen molar-refractivity contribution in [1.82, 2.24) is 0 Å². The molecule has 0 amide bonds. The van der Waals surface area contributed by atoms with Crippen molar-refractivity contribution in [1.29, 1.82) is 0 Å². The zero-order valence-corrected chi connectivity index (χ0v) is 19.8. The minimum Gasteiger partial charge on any atom is -0.378 e. The summed E-state index contributed by atoms with van der Waals surface area (Å²) in [7, 11) is 0. The first-order chi connectivity index (χ1) is 15.2. The predicted molar refractivity (Wildman–Crippen MR) is 128 cm³/mol. The number of benzene rings is 1. The van der Waals surface area contributed by atoms with E-state index < -0.39 is 0 Å². The largest absolute Gasteiger partial charge is 0.378 e. The van der Waals surface area contributed by atoms with Crippen LogP contribution >= 0.6 is 0 Å². The highest BCUT2D eigenvalue weighted by Crippen LogP contribution is 2.49. The Labute approximate surface area is 189 Å². The van der Waals surface area contributed by atoms with E-state index in [9.17, 15) is 4.39 Å². The summed E-state index contributed by atoms with van der Waals surface area (Å²) >= 11 is 0. The molecule has 0 aliphatic heterocycles. The van der Waals surface area contributed by atoms with Crippen molar-refractivity contribution in [2.75, 3.05) is 6.61 Å². The van der Waals surface area contributed by atoms with E-state index in [2.05, 4.69) is 31.2 Å². The smallest absolute Gasteiger partial charge is 0.126 e. The summed E-state index contributed by atoms with van der Waals surface area (Å²) in [5.74, 6) is 4.13. The number of allylic oxidation sites excluding steroid dienone is 2. The summed E-state index contributed by atoms with van der Waals surface area (Å²) in [4.78, 5) is 0. The maximum Gasteiger partial charge on any atom is 0.126 e. The quantitative estimate of drug-likeness (QED) is 0.399. The van der Waals surface area contributed by atoms with Crippen LogP contribution in [0.3, 0.4) is 0 Å². The summed E-state index contributed by atoms with van der Waals surface area (Å²) in [5, 5.41) is 0. The standard InChI is InChI=1S/C29H43FO/c1-3-5-6-7-21-8-17-28(29(30)18-21)23-11-9-22(10-12-23)24-13-14-26-20-27(31-4-2)16-15-25(26)19-24/h3,5,8,17-18,22-27H,4,6-7,9-16,19-20H2,1-2H3/b5-3+. The molecule has 0 saturated heterocycles. The maximum absolute atomic E-state index is 14.8. The van der Waals surface area contributed by atoms with Gasteiger partial charge in [0.2, 0.25) is 0 Å². The van der Waals surface area contributed by atoms with Crippen LogP contribution in [0.2, 0.25) is 0 Å². The molecule has 3 aliphatic rings. The van der Waals surface area contributed by atoms with Crippen molar-refractivity contribution >= 4 is 0 Å². The Morgan fingerprint density at radius 1 is 0.903 bits per heavy atom. The molecule has 4 unspecified atom stereocenters. The normalized spacial score (nSPS) is 34.0. The molecule has 4 rings (SSSR count). The lowest BCUT2D eigenvalue weighted by Crippen LogP contribution is -2.36. The molecule has 0 aromatic heterocycles. The van der Waals surface area contributed by atoms with Gasteiger partial charge in [0, 0.05) is 6.61 Å². The number of rotatable bonds is 7. The summed E-state index contributed by atoms with van der Waals surface area (Å²) in [6, 6.07) is 6.05. The SMILES string of the molecule is C/C=C/CCc1ccc(C2CCC(C3CCC4CC(OCC)CCC4C3)CC2)c(F)c1. The van der Waals surface area contributed by atoms with Crippen LogP contribution in [0.5, 0.6) is 0 Å². The monoisotopic (exact) mass is 426 g/mol. The molecule has 0 heterocycles. The first-order valence-electron chi connectivity index (χ1n) is 13.2. The third kappa shape index (κ3) is 5.81. The topological polar surface area (TPSA) is 9.23 Å². The van der Waals surface area contributed by atoms with Crippen LogP contribution in [-0.4, -0.2) is 12.7 Å². The molecule has 0 radical (unpaired) electrons. The molecule has 3 fully saturated rings. The first-order valence-corrected chi connectivity index (χ1v) is 13.2. The van der Waals surface area contributed by atoms with Gasteiger partial charge in [0.1, 0.15) is 5.82 Å². The number of aryl methyl sites for hydroxylation is 1. The fourth-order valence-corrected chi connectivity index (χ4v) is 7.07. The van der Waals surface area contributed by atoms with Gasteiger partial charge >= 0.3 is 0 Å². The van der Waals surface area contributed by atoms with Crippen LogP contribution in [0.25, 0.3) is 0 Å². The van der Waals surface area contributed by atoms with Crippen LogP contribution in [0, 0.1) is 29.5 Å². The Morgan fingerprint density at radius 2 is 1.58 bits per heavy atom. The molecule has 0 bridgehead atoms. The van der Waals surface area contributed by atoms with Gasteiger partial charge in [-0.25, -0.2) is 4.39 Å². The molecule has 0 N–H and O–H groups in total. The highest BCUT2D eigenvalue weighted by Gasteiger charge is 2.39. The zero-order chi connectivity index (χ0) is 21.6.